The summed E-state index contributed by atoms with van der Waals surface area (Å²) in [5.74, 6) is 0.368. The monoisotopic (exact) mass is 291 g/mol. The zero-order valence-electron chi connectivity index (χ0n) is 11.5. The summed E-state index contributed by atoms with van der Waals surface area (Å²) in [6, 6.07) is -0.278. The lowest BCUT2D eigenvalue weighted by molar-refractivity contribution is -0.156. The van der Waals surface area contributed by atoms with Crippen molar-refractivity contribution < 1.29 is 24.2 Å². The quantitative estimate of drug-likeness (QED) is 0.706. The molecule has 6 nitrogen and oxygen atoms in total. The summed E-state index contributed by atoms with van der Waals surface area (Å²) in [7, 11) is 3.01. The van der Waals surface area contributed by atoms with Crippen molar-refractivity contribution in [3.8, 4) is 0 Å². The van der Waals surface area contributed by atoms with Gasteiger partial charge in [-0.1, -0.05) is 11.8 Å². The number of nitrogens with zero attached hydrogens (tertiary/aromatic N) is 1. The standard InChI is InChI=1S/C12H21NO5S/c1-8(14)19-5-4-11(16)13-7-9(15)6-10(13)12(17-2)18-3/h9-10,12,15H,4-7H2,1-3H3. The van der Waals surface area contributed by atoms with E-state index in [1.807, 2.05) is 0 Å². The van der Waals surface area contributed by atoms with Crippen LogP contribution in [0.1, 0.15) is 19.8 Å². The Morgan fingerprint density at radius 2 is 2.05 bits per heavy atom. The van der Waals surface area contributed by atoms with Gasteiger partial charge in [-0.25, -0.2) is 0 Å². The van der Waals surface area contributed by atoms with Crippen molar-refractivity contribution in [3.63, 3.8) is 0 Å². The van der Waals surface area contributed by atoms with Gasteiger partial charge in [-0.05, 0) is 0 Å². The highest BCUT2D eigenvalue weighted by Gasteiger charge is 2.39. The van der Waals surface area contributed by atoms with Crippen LogP contribution >= 0.6 is 11.8 Å². The highest BCUT2D eigenvalue weighted by molar-refractivity contribution is 8.13. The van der Waals surface area contributed by atoms with E-state index in [9.17, 15) is 14.7 Å². The van der Waals surface area contributed by atoms with Gasteiger partial charge in [0.25, 0.3) is 0 Å². The second-order valence-corrected chi connectivity index (χ2v) is 5.70. The lowest BCUT2D eigenvalue weighted by Crippen LogP contribution is -2.44. The number of likely N-dealkylation sites (tertiary alicyclic amines) is 1. The normalized spacial score (nSPS) is 23.1. The molecular weight excluding hydrogens is 270 g/mol. The highest BCUT2D eigenvalue weighted by atomic mass is 32.2. The summed E-state index contributed by atoms with van der Waals surface area (Å²) in [5, 5.41) is 9.71. The molecule has 1 amide bonds. The van der Waals surface area contributed by atoms with Gasteiger partial charge in [-0.15, -0.1) is 0 Å². The Kier molecular flexibility index (Phi) is 6.78. The summed E-state index contributed by atoms with van der Waals surface area (Å²) in [6.07, 6.45) is -0.380. The Morgan fingerprint density at radius 1 is 1.42 bits per heavy atom. The molecule has 0 aromatic carbocycles. The number of thioether (sulfide) groups is 1. The number of hydrogen-bond acceptors (Lipinski definition) is 6. The molecule has 0 aromatic heterocycles. The second-order valence-electron chi connectivity index (χ2n) is 4.43. The molecule has 1 fully saturated rings. The van der Waals surface area contributed by atoms with Crippen molar-refractivity contribution in [1.82, 2.24) is 4.90 Å². The van der Waals surface area contributed by atoms with Crippen molar-refractivity contribution in [2.75, 3.05) is 26.5 Å². The third-order valence-corrected chi connectivity index (χ3v) is 3.86. The molecular formula is C12H21NO5S. The number of carbonyl (C=O) groups excluding carboxylic acids is 2. The topological polar surface area (TPSA) is 76.1 Å². The van der Waals surface area contributed by atoms with Gasteiger partial charge in [0.1, 0.15) is 0 Å². The highest BCUT2D eigenvalue weighted by Crippen LogP contribution is 2.24. The van der Waals surface area contributed by atoms with Crippen LogP contribution in [0, 0.1) is 0 Å². The molecule has 7 heteroatoms. The maximum atomic E-state index is 12.1. The van der Waals surface area contributed by atoms with E-state index in [0.29, 0.717) is 12.2 Å². The van der Waals surface area contributed by atoms with Crippen LogP contribution in [0.15, 0.2) is 0 Å². The molecule has 1 aliphatic heterocycles. The van der Waals surface area contributed by atoms with Crippen LogP contribution in [0.2, 0.25) is 0 Å². The molecule has 1 heterocycles. The zero-order chi connectivity index (χ0) is 14.4. The van der Waals surface area contributed by atoms with Crippen LogP contribution in [-0.4, -0.2) is 66.0 Å². The third-order valence-electron chi connectivity index (χ3n) is 3.04. The van der Waals surface area contributed by atoms with Crippen LogP contribution in [0.3, 0.4) is 0 Å². The lowest BCUT2D eigenvalue weighted by Gasteiger charge is -2.29. The number of hydrogen-bond donors (Lipinski definition) is 1. The summed E-state index contributed by atoms with van der Waals surface area (Å²) in [6.45, 7) is 1.76. The number of aliphatic hydroxyl groups excluding tert-OH is 1. The van der Waals surface area contributed by atoms with Crippen molar-refractivity contribution in [3.05, 3.63) is 0 Å². The molecule has 0 spiro atoms. The number of carbonyl (C=O) groups is 2. The molecule has 19 heavy (non-hydrogen) atoms. The minimum absolute atomic E-state index is 0.00235. The number of β-amino-alcohol motifs (C(OH)–C–C–N with tert-alkyl or cyclic N) is 1. The van der Waals surface area contributed by atoms with Gasteiger partial charge in [-0.2, -0.15) is 0 Å². The molecule has 1 N–H and O–H groups in total. The molecule has 1 aliphatic rings. The summed E-state index contributed by atoms with van der Waals surface area (Å²) in [4.78, 5) is 24.5. The minimum atomic E-state index is -0.554. The van der Waals surface area contributed by atoms with Crippen LogP contribution in [-0.2, 0) is 19.1 Å². The van der Waals surface area contributed by atoms with Gasteiger partial charge < -0.3 is 19.5 Å². The van der Waals surface area contributed by atoms with Gasteiger partial charge in [0.2, 0.25) is 5.91 Å². The molecule has 0 aliphatic carbocycles. The summed E-state index contributed by atoms with van der Waals surface area (Å²) >= 11 is 1.13. The second kappa shape index (κ2) is 7.84. The van der Waals surface area contributed by atoms with Crippen molar-refractivity contribution >= 4 is 22.8 Å². The average molecular weight is 291 g/mol. The van der Waals surface area contributed by atoms with E-state index >= 15 is 0 Å². The fourth-order valence-corrected chi connectivity index (χ4v) is 2.79. The van der Waals surface area contributed by atoms with E-state index in [0.717, 1.165) is 11.8 Å². The first-order valence-electron chi connectivity index (χ1n) is 6.16. The van der Waals surface area contributed by atoms with Crippen LogP contribution in [0.25, 0.3) is 0 Å². The molecule has 0 radical (unpaired) electrons. The molecule has 1 rings (SSSR count). The van der Waals surface area contributed by atoms with Crippen LogP contribution < -0.4 is 0 Å². The van der Waals surface area contributed by atoms with Crippen molar-refractivity contribution in [2.45, 2.75) is 38.2 Å². The van der Waals surface area contributed by atoms with Gasteiger partial charge in [0.05, 0.1) is 12.1 Å². The number of ether oxygens (including phenoxy) is 2. The Morgan fingerprint density at radius 3 is 2.58 bits per heavy atom. The van der Waals surface area contributed by atoms with Crippen LogP contribution in [0.5, 0.6) is 0 Å². The Labute approximate surface area is 117 Å². The predicted molar refractivity (Wildman–Crippen MR) is 71.7 cm³/mol. The Hall–Kier alpha value is -0.630. The van der Waals surface area contributed by atoms with Gasteiger partial charge in [-0.3, -0.25) is 9.59 Å². The van der Waals surface area contributed by atoms with E-state index in [2.05, 4.69) is 0 Å². The first-order valence-corrected chi connectivity index (χ1v) is 7.14. The molecule has 110 valence electrons. The van der Waals surface area contributed by atoms with Gasteiger partial charge >= 0.3 is 0 Å². The van der Waals surface area contributed by atoms with E-state index in [1.165, 1.54) is 21.1 Å². The van der Waals surface area contributed by atoms with E-state index in [4.69, 9.17) is 9.47 Å². The summed E-state index contributed by atoms with van der Waals surface area (Å²) in [5.41, 5.74) is 0. The largest absolute Gasteiger partial charge is 0.391 e. The maximum Gasteiger partial charge on any atom is 0.223 e. The number of rotatable bonds is 6. The van der Waals surface area contributed by atoms with Crippen LogP contribution in [0.4, 0.5) is 0 Å². The van der Waals surface area contributed by atoms with Gasteiger partial charge in [0.15, 0.2) is 11.4 Å². The smallest absolute Gasteiger partial charge is 0.223 e. The van der Waals surface area contributed by atoms with Gasteiger partial charge in [0, 0.05) is 46.3 Å². The van der Waals surface area contributed by atoms with E-state index < -0.39 is 12.4 Å². The molecule has 2 atom stereocenters. The average Bonchev–Trinajstić information content (AvgIpc) is 2.72. The lowest BCUT2D eigenvalue weighted by atomic mass is 10.2. The zero-order valence-corrected chi connectivity index (χ0v) is 12.3. The first kappa shape index (κ1) is 16.4. The van der Waals surface area contributed by atoms with E-state index in [1.54, 1.807) is 4.90 Å². The SMILES string of the molecule is COC(OC)C1CC(O)CN1C(=O)CCSC(C)=O. The first-order chi connectivity index (χ1) is 8.99. The van der Waals surface area contributed by atoms with E-state index in [-0.39, 0.29) is 30.0 Å². The van der Waals surface area contributed by atoms with Crippen molar-refractivity contribution in [2.24, 2.45) is 0 Å². The number of aliphatic hydroxyl groups is 1. The van der Waals surface area contributed by atoms with Crippen molar-refractivity contribution in [1.29, 1.82) is 0 Å². The number of methoxy groups -OCH3 is 2. The minimum Gasteiger partial charge on any atom is -0.391 e. The summed E-state index contributed by atoms with van der Waals surface area (Å²) < 4.78 is 10.3. The molecule has 0 aromatic rings. The molecule has 1 saturated heterocycles. The Balaban J connectivity index is 2.57. The molecule has 2 unspecified atom stereocenters. The maximum absolute atomic E-state index is 12.1. The molecule has 0 saturated carbocycles. The fraction of sp³-hybridized carbons (Fsp3) is 0.833. The Bertz CT molecular complexity index is 321. The number of amides is 1. The predicted octanol–water partition coefficient (Wildman–Crippen LogP) is 0.237. The fourth-order valence-electron chi connectivity index (χ4n) is 2.22. The molecule has 0 bridgehead atoms. The third kappa shape index (κ3) is 4.76.